The summed E-state index contributed by atoms with van der Waals surface area (Å²) in [6.07, 6.45) is 4.79. The highest BCUT2D eigenvalue weighted by Crippen LogP contribution is 2.24. The van der Waals surface area contributed by atoms with Crippen LogP contribution in [0, 0.1) is 0 Å². The van der Waals surface area contributed by atoms with Gasteiger partial charge in [-0.15, -0.1) is 0 Å². The lowest BCUT2D eigenvalue weighted by atomic mass is 10.0. The Morgan fingerprint density at radius 3 is 2.50 bits per heavy atom. The smallest absolute Gasteiger partial charge is 0.241 e. The molecule has 0 radical (unpaired) electrons. The van der Waals surface area contributed by atoms with Crippen LogP contribution in [-0.4, -0.2) is 55.9 Å². The molecule has 1 amide bonds. The lowest BCUT2D eigenvalue weighted by Crippen LogP contribution is -2.52. The molecule has 0 spiro atoms. The van der Waals surface area contributed by atoms with Gasteiger partial charge in [-0.25, -0.2) is 8.42 Å². The van der Waals surface area contributed by atoms with Crippen molar-refractivity contribution >= 4 is 15.7 Å². The fourth-order valence-electron chi connectivity index (χ4n) is 3.25. The lowest BCUT2D eigenvalue weighted by Gasteiger charge is -2.37. The van der Waals surface area contributed by atoms with E-state index in [1.165, 1.54) is 0 Å². The van der Waals surface area contributed by atoms with Gasteiger partial charge in [-0.2, -0.15) is 0 Å². The third-order valence-corrected chi connectivity index (χ3v) is 6.51. The first-order chi connectivity index (χ1) is 9.56. The molecule has 2 aliphatic rings. The van der Waals surface area contributed by atoms with E-state index >= 15 is 0 Å². The fourth-order valence-corrected chi connectivity index (χ4v) is 5.11. The number of carbonyl (C=O) groups is 1. The highest BCUT2D eigenvalue weighted by molar-refractivity contribution is 7.92. The van der Waals surface area contributed by atoms with Gasteiger partial charge in [0, 0.05) is 12.6 Å². The van der Waals surface area contributed by atoms with E-state index in [0.717, 1.165) is 38.8 Å². The zero-order chi connectivity index (χ0) is 14.6. The molecule has 0 saturated carbocycles. The largest absolute Gasteiger partial charge is 0.339 e. The summed E-state index contributed by atoms with van der Waals surface area (Å²) in [6.45, 7) is 4.54. The standard InChI is InChI=1S/C14H26N2O3S/c1-2-10-16(12-6-8-15-9-7-12)14(17)13-5-3-4-11-20(13,18)19/h12-13,15H,2-11H2,1H3. The Kier molecular flexibility index (Phi) is 5.43. The van der Waals surface area contributed by atoms with Crippen LogP contribution in [0.2, 0.25) is 0 Å². The van der Waals surface area contributed by atoms with Crippen LogP contribution in [0.4, 0.5) is 0 Å². The van der Waals surface area contributed by atoms with Crippen molar-refractivity contribution in [2.75, 3.05) is 25.4 Å². The molecule has 0 aromatic heterocycles. The van der Waals surface area contributed by atoms with Gasteiger partial charge in [0.15, 0.2) is 9.84 Å². The van der Waals surface area contributed by atoms with Crippen molar-refractivity contribution in [3.05, 3.63) is 0 Å². The van der Waals surface area contributed by atoms with Crippen molar-refractivity contribution in [3.8, 4) is 0 Å². The molecular weight excluding hydrogens is 276 g/mol. The molecule has 0 bridgehead atoms. The maximum atomic E-state index is 12.7. The third-order valence-electron chi connectivity index (χ3n) is 4.35. The molecule has 2 saturated heterocycles. The van der Waals surface area contributed by atoms with Crippen molar-refractivity contribution in [2.24, 2.45) is 0 Å². The Morgan fingerprint density at radius 1 is 1.20 bits per heavy atom. The SMILES string of the molecule is CCCN(C(=O)C1CCCCS1(=O)=O)C1CCNCC1. The van der Waals surface area contributed by atoms with E-state index in [4.69, 9.17) is 0 Å². The molecule has 1 atom stereocenters. The quantitative estimate of drug-likeness (QED) is 0.839. The minimum absolute atomic E-state index is 0.140. The second-order valence-electron chi connectivity index (χ2n) is 5.86. The molecule has 2 rings (SSSR count). The van der Waals surface area contributed by atoms with Crippen molar-refractivity contribution in [2.45, 2.75) is 56.7 Å². The zero-order valence-electron chi connectivity index (χ0n) is 12.3. The van der Waals surface area contributed by atoms with E-state index < -0.39 is 15.1 Å². The Hall–Kier alpha value is -0.620. The Labute approximate surface area is 122 Å². The van der Waals surface area contributed by atoms with Crippen LogP contribution in [-0.2, 0) is 14.6 Å². The predicted octanol–water partition coefficient (Wildman–Crippen LogP) is 0.944. The van der Waals surface area contributed by atoms with E-state index in [9.17, 15) is 13.2 Å². The van der Waals surface area contributed by atoms with Crippen LogP contribution in [0.25, 0.3) is 0 Å². The van der Waals surface area contributed by atoms with E-state index in [0.29, 0.717) is 19.4 Å². The molecule has 2 aliphatic heterocycles. The average molecular weight is 302 g/mol. The molecule has 0 aromatic rings. The van der Waals surface area contributed by atoms with Crippen LogP contribution >= 0.6 is 0 Å². The van der Waals surface area contributed by atoms with Gasteiger partial charge < -0.3 is 10.2 Å². The first-order valence-corrected chi connectivity index (χ1v) is 9.50. The number of hydrogen-bond donors (Lipinski definition) is 1. The minimum atomic E-state index is -3.23. The molecule has 5 nitrogen and oxygen atoms in total. The van der Waals surface area contributed by atoms with Crippen LogP contribution in [0.3, 0.4) is 0 Å². The topological polar surface area (TPSA) is 66.5 Å². The van der Waals surface area contributed by atoms with Gasteiger partial charge in [0.2, 0.25) is 5.91 Å². The molecule has 6 heteroatoms. The van der Waals surface area contributed by atoms with E-state index in [1.807, 2.05) is 11.8 Å². The molecule has 116 valence electrons. The van der Waals surface area contributed by atoms with Crippen molar-refractivity contribution < 1.29 is 13.2 Å². The molecule has 0 aliphatic carbocycles. The Bertz CT molecular complexity index is 430. The van der Waals surface area contributed by atoms with Crippen LogP contribution in [0.5, 0.6) is 0 Å². The number of nitrogens with zero attached hydrogens (tertiary/aromatic N) is 1. The fraction of sp³-hybridized carbons (Fsp3) is 0.929. The highest BCUT2D eigenvalue weighted by atomic mass is 32.2. The highest BCUT2D eigenvalue weighted by Gasteiger charge is 2.39. The maximum absolute atomic E-state index is 12.7. The monoisotopic (exact) mass is 302 g/mol. The normalized spacial score (nSPS) is 27.1. The molecule has 20 heavy (non-hydrogen) atoms. The zero-order valence-corrected chi connectivity index (χ0v) is 13.1. The lowest BCUT2D eigenvalue weighted by molar-refractivity contribution is -0.133. The summed E-state index contributed by atoms with van der Waals surface area (Å²) in [5, 5.41) is 2.51. The predicted molar refractivity (Wildman–Crippen MR) is 79.3 cm³/mol. The first kappa shape index (κ1) is 15.8. The van der Waals surface area contributed by atoms with E-state index in [2.05, 4.69) is 5.32 Å². The molecular formula is C14H26N2O3S. The van der Waals surface area contributed by atoms with Crippen molar-refractivity contribution in [1.29, 1.82) is 0 Å². The van der Waals surface area contributed by atoms with E-state index in [-0.39, 0.29) is 17.7 Å². The maximum Gasteiger partial charge on any atom is 0.241 e. The van der Waals surface area contributed by atoms with Crippen LogP contribution < -0.4 is 5.32 Å². The minimum Gasteiger partial charge on any atom is -0.339 e. The molecule has 0 aromatic carbocycles. The number of amides is 1. The molecule has 2 heterocycles. The molecule has 2 fully saturated rings. The number of sulfone groups is 1. The number of carbonyl (C=O) groups excluding carboxylic acids is 1. The van der Waals surface area contributed by atoms with Crippen molar-refractivity contribution in [3.63, 3.8) is 0 Å². The Balaban J connectivity index is 2.13. The second kappa shape index (κ2) is 6.89. The van der Waals surface area contributed by atoms with Gasteiger partial charge in [-0.05, 0) is 45.2 Å². The summed E-state index contributed by atoms with van der Waals surface area (Å²) in [6, 6.07) is 0.209. The van der Waals surface area contributed by atoms with Gasteiger partial charge in [0.25, 0.3) is 0 Å². The van der Waals surface area contributed by atoms with Gasteiger partial charge in [0.1, 0.15) is 5.25 Å². The first-order valence-electron chi connectivity index (χ1n) is 7.79. The van der Waals surface area contributed by atoms with Crippen LogP contribution in [0.1, 0.15) is 45.4 Å². The van der Waals surface area contributed by atoms with Gasteiger partial charge in [-0.1, -0.05) is 13.3 Å². The van der Waals surface area contributed by atoms with Crippen LogP contribution in [0.15, 0.2) is 0 Å². The summed E-state index contributed by atoms with van der Waals surface area (Å²) in [5.74, 6) is 0.0359. The second-order valence-corrected chi connectivity index (χ2v) is 8.17. The summed E-state index contributed by atoms with van der Waals surface area (Å²) in [4.78, 5) is 14.6. The van der Waals surface area contributed by atoms with Gasteiger partial charge in [0.05, 0.1) is 5.75 Å². The van der Waals surface area contributed by atoms with Crippen molar-refractivity contribution in [1.82, 2.24) is 10.2 Å². The molecule has 1 unspecified atom stereocenters. The summed E-state index contributed by atoms with van der Waals surface area (Å²) in [7, 11) is -3.23. The summed E-state index contributed by atoms with van der Waals surface area (Å²) >= 11 is 0. The number of rotatable bonds is 4. The summed E-state index contributed by atoms with van der Waals surface area (Å²) in [5.41, 5.74) is 0. The summed E-state index contributed by atoms with van der Waals surface area (Å²) < 4.78 is 24.3. The number of piperidine rings is 1. The number of nitrogens with one attached hydrogen (secondary N) is 1. The average Bonchev–Trinajstić information content (AvgIpc) is 2.44. The van der Waals surface area contributed by atoms with E-state index in [1.54, 1.807) is 0 Å². The Morgan fingerprint density at radius 2 is 1.90 bits per heavy atom. The number of hydrogen-bond acceptors (Lipinski definition) is 4. The van der Waals surface area contributed by atoms with Gasteiger partial charge in [-0.3, -0.25) is 4.79 Å². The third kappa shape index (κ3) is 3.52. The van der Waals surface area contributed by atoms with Gasteiger partial charge >= 0.3 is 0 Å². The molecule has 1 N–H and O–H groups in total.